The van der Waals surface area contributed by atoms with Crippen LogP contribution in [-0.2, 0) is 0 Å². The summed E-state index contributed by atoms with van der Waals surface area (Å²) in [4.78, 5) is 30.3. The van der Waals surface area contributed by atoms with Gasteiger partial charge in [0.2, 0.25) is 0 Å². The van der Waals surface area contributed by atoms with Crippen LogP contribution in [0.2, 0.25) is 0 Å². The van der Waals surface area contributed by atoms with E-state index in [4.69, 9.17) is 29.9 Å². The Labute approximate surface area is 443 Å². The van der Waals surface area contributed by atoms with Gasteiger partial charge in [-0.1, -0.05) is 170 Å². The predicted octanol–water partition coefficient (Wildman–Crippen LogP) is 16.1. The molecule has 0 radical (unpaired) electrons. The van der Waals surface area contributed by atoms with Crippen molar-refractivity contribution in [2.75, 3.05) is 0 Å². The zero-order valence-corrected chi connectivity index (χ0v) is 41.6. The van der Waals surface area contributed by atoms with Gasteiger partial charge in [0.05, 0.1) is 45.1 Å². The topological polar surface area (TPSA) is 111 Å². The van der Waals surface area contributed by atoms with Crippen LogP contribution in [0, 0.1) is 18.3 Å². The summed E-state index contributed by atoms with van der Waals surface area (Å²) in [5.74, 6) is 3.60. The van der Waals surface area contributed by atoms with Crippen LogP contribution < -0.4 is 0 Å². The molecule has 14 aromatic rings. The van der Waals surface area contributed by atoms with Crippen molar-refractivity contribution in [3.63, 3.8) is 0 Å². The van der Waals surface area contributed by atoms with E-state index in [1.165, 1.54) is 0 Å². The van der Waals surface area contributed by atoms with Gasteiger partial charge in [-0.05, 0) is 85.3 Å². The zero-order chi connectivity index (χ0) is 51.4. The van der Waals surface area contributed by atoms with E-state index in [-0.39, 0.29) is 0 Å². The van der Waals surface area contributed by atoms with Gasteiger partial charge in [0.25, 0.3) is 0 Å². The van der Waals surface area contributed by atoms with E-state index < -0.39 is 0 Å². The number of hydrogen-bond donors (Lipinski definition) is 0. The summed E-state index contributed by atoms with van der Waals surface area (Å²) in [6, 6.07) is 85.3. The molecule has 4 heterocycles. The van der Waals surface area contributed by atoms with Gasteiger partial charge in [0.15, 0.2) is 34.9 Å². The van der Waals surface area contributed by atoms with Crippen LogP contribution in [0.15, 0.2) is 243 Å². The van der Waals surface area contributed by atoms with Crippen molar-refractivity contribution >= 4 is 43.6 Å². The Balaban J connectivity index is 0.944. The number of nitriles is 1. The average Bonchev–Trinajstić information content (AvgIpc) is 4.07. The monoisotopic (exact) mass is 985 g/mol. The molecule has 0 spiro atoms. The summed E-state index contributed by atoms with van der Waals surface area (Å²) in [5, 5.41) is 14.8. The quantitative estimate of drug-likeness (QED) is 0.142. The smallest absolute Gasteiger partial charge is 0.164 e. The van der Waals surface area contributed by atoms with Crippen molar-refractivity contribution in [3.05, 3.63) is 254 Å². The van der Waals surface area contributed by atoms with E-state index in [0.29, 0.717) is 40.5 Å². The molecule has 4 aromatic heterocycles. The minimum Gasteiger partial charge on any atom is -0.309 e. The maximum absolute atomic E-state index is 10.6. The summed E-state index contributed by atoms with van der Waals surface area (Å²) in [7, 11) is 0. The number of aryl methyl sites for hydroxylation is 1. The maximum atomic E-state index is 10.6. The number of aromatic nitrogens is 8. The molecule has 0 amide bonds. The Morgan fingerprint density at radius 3 is 1.10 bits per heavy atom. The second-order valence-electron chi connectivity index (χ2n) is 19.1. The van der Waals surface area contributed by atoms with Crippen LogP contribution >= 0.6 is 0 Å². The zero-order valence-electron chi connectivity index (χ0n) is 41.6. The van der Waals surface area contributed by atoms with E-state index in [1.54, 1.807) is 0 Å². The first kappa shape index (κ1) is 45.0. The molecule has 0 saturated heterocycles. The van der Waals surface area contributed by atoms with Gasteiger partial charge in [-0.15, -0.1) is 0 Å². The summed E-state index contributed by atoms with van der Waals surface area (Å²) in [6.07, 6.45) is 0. The number of benzene rings is 10. The molecule has 360 valence electrons. The van der Waals surface area contributed by atoms with Crippen LogP contribution in [0.25, 0.3) is 134 Å². The second-order valence-corrected chi connectivity index (χ2v) is 19.1. The summed E-state index contributed by atoms with van der Waals surface area (Å²) in [5.41, 5.74) is 15.0. The van der Waals surface area contributed by atoms with E-state index in [0.717, 1.165) is 105 Å². The van der Waals surface area contributed by atoms with Crippen molar-refractivity contribution in [3.8, 4) is 96.9 Å². The number of nitrogens with zero attached hydrogens (tertiary/aromatic N) is 9. The molecule has 0 bridgehead atoms. The number of para-hydroxylation sites is 2. The van der Waals surface area contributed by atoms with Crippen LogP contribution in [0.4, 0.5) is 0 Å². The first-order chi connectivity index (χ1) is 38.0. The van der Waals surface area contributed by atoms with Crippen molar-refractivity contribution in [1.82, 2.24) is 39.0 Å². The van der Waals surface area contributed by atoms with Gasteiger partial charge >= 0.3 is 0 Å². The van der Waals surface area contributed by atoms with Crippen LogP contribution in [-0.4, -0.2) is 39.0 Å². The lowest BCUT2D eigenvalue weighted by molar-refractivity contribution is 1.07. The van der Waals surface area contributed by atoms with Crippen molar-refractivity contribution in [2.45, 2.75) is 6.92 Å². The molecule has 0 aliphatic heterocycles. The predicted molar refractivity (Wildman–Crippen MR) is 309 cm³/mol. The molecule has 9 heteroatoms. The molecule has 9 nitrogen and oxygen atoms in total. The fourth-order valence-electron chi connectivity index (χ4n) is 10.7. The van der Waals surface area contributed by atoms with E-state index in [9.17, 15) is 5.26 Å². The minimum absolute atomic E-state index is 0.561. The minimum atomic E-state index is 0.561. The van der Waals surface area contributed by atoms with Gasteiger partial charge in [-0.3, -0.25) is 0 Å². The fraction of sp³-hybridized carbons (Fsp3) is 0.0147. The molecule has 0 aliphatic carbocycles. The lowest BCUT2D eigenvalue weighted by atomic mass is 9.97. The highest BCUT2D eigenvalue weighted by molar-refractivity contribution is 6.12. The lowest BCUT2D eigenvalue weighted by Gasteiger charge is -2.19. The normalized spacial score (nSPS) is 11.4. The Morgan fingerprint density at radius 1 is 0.299 bits per heavy atom. The van der Waals surface area contributed by atoms with Gasteiger partial charge in [-0.2, -0.15) is 5.26 Å². The third kappa shape index (κ3) is 7.96. The van der Waals surface area contributed by atoms with E-state index in [2.05, 4.69) is 131 Å². The highest BCUT2D eigenvalue weighted by Crippen LogP contribution is 2.43. The molecular formula is C68H43N9. The molecule has 14 rings (SSSR count). The summed E-state index contributed by atoms with van der Waals surface area (Å²) >= 11 is 0. The molecule has 10 aromatic carbocycles. The molecule has 0 saturated carbocycles. The average molecular weight is 986 g/mol. The lowest BCUT2D eigenvalue weighted by Crippen LogP contribution is -2.03. The Kier molecular flexibility index (Phi) is 10.9. The maximum Gasteiger partial charge on any atom is 0.164 e. The molecule has 0 atom stereocenters. The first-order valence-corrected chi connectivity index (χ1v) is 25.5. The number of hydrogen-bond acceptors (Lipinski definition) is 7. The largest absolute Gasteiger partial charge is 0.309 e. The Bertz CT molecular complexity index is 4520. The van der Waals surface area contributed by atoms with Gasteiger partial charge in [0, 0.05) is 66.1 Å². The third-order valence-corrected chi connectivity index (χ3v) is 14.3. The van der Waals surface area contributed by atoms with Gasteiger partial charge in [-0.25, -0.2) is 29.9 Å². The Hall–Kier alpha value is -10.7. The third-order valence-electron chi connectivity index (χ3n) is 14.3. The van der Waals surface area contributed by atoms with Gasteiger partial charge < -0.3 is 9.13 Å². The number of fused-ring (bicyclic) bond motifs is 6. The Morgan fingerprint density at radius 2 is 0.675 bits per heavy atom. The molecule has 0 aliphatic rings. The molecule has 77 heavy (non-hydrogen) atoms. The van der Waals surface area contributed by atoms with Crippen LogP contribution in [0.5, 0.6) is 0 Å². The van der Waals surface area contributed by atoms with Gasteiger partial charge in [0.1, 0.15) is 0 Å². The molecule has 0 unspecified atom stereocenters. The standard InChI is InChI=1S/C68H43N9/c1-43-30-34-53(62(38-43)77-58-29-17-15-27-52(58)56-41-50(33-37-61(56)77)68-74-65(47-22-10-4-11-23-47)71-66(75-68)48-24-12-5-13-25-48)54-39-44(42-69)31-35-59(54)76-57-28-16-14-26-51(57)55-40-49(32-36-60(55)76)67-72-63(45-18-6-2-7-19-45)70-64(73-67)46-20-8-3-9-21-46/h2-41H,1H3. The number of rotatable bonds is 9. The van der Waals surface area contributed by atoms with Crippen LogP contribution in [0.3, 0.4) is 0 Å². The highest BCUT2D eigenvalue weighted by Gasteiger charge is 2.23. The highest BCUT2D eigenvalue weighted by atomic mass is 15.1. The first-order valence-electron chi connectivity index (χ1n) is 25.5. The summed E-state index contributed by atoms with van der Waals surface area (Å²) < 4.78 is 4.69. The van der Waals surface area contributed by atoms with Crippen molar-refractivity contribution in [1.29, 1.82) is 5.26 Å². The van der Waals surface area contributed by atoms with Crippen molar-refractivity contribution in [2.24, 2.45) is 0 Å². The van der Waals surface area contributed by atoms with E-state index in [1.807, 2.05) is 133 Å². The summed E-state index contributed by atoms with van der Waals surface area (Å²) in [6.45, 7) is 2.13. The molecular weight excluding hydrogens is 943 g/mol. The van der Waals surface area contributed by atoms with Crippen LogP contribution in [0.1, 0.15) is 11.1 Å². The van der Waals surface area contributed by atoms with Crippen molar-refractivity contribution < 1.29 is 0 Å². The molecule has 0 fully saturated rings. The molecule has 0 N–H and O–H groups in total. The SMILES string of the molecule is Cc1ccc(-c2cc(C#N)ccc2-n2c3ccccc3c3cc(-c4nc(-c5ccccc5)nc(-c5ccccc5)n4)ccc32)c(-n2c3ccccc3c3cc(-c4nc(-c5ccccc5)nc(-c5ccccc5)n4)ccc32)c1. The second kappa shape index (κ2) is 18.7. The van der Waals surface area contributed by atoms with E-state index >= 15 is 0 Å². The fourth-order valence-corrected chi connectivity index (χ4v) is 10.7.